The van der Waals surface area contributed by atoms with Crippen molar-refractivity contribution in [3.63, 3.8) is 0 Å². The van der Waals surface area contributed by atoms with Crippen molar-refractivity contribution < 1.29 is 22.6 Å². The lowest BCUT2D eigenvalue weighted by Crippen LogP contribution is -2.08. The lowest BCUT2D eigenvalue weighted by molar-refractivity contribution is -0.140. The molecule has 0 saturated carbocycles. The molecule has 1 aromatic carbocycles. The van der Waals surface area contributed by atoms with Crippen molar-refractivity contribution in [2.24, 2.45) is 0 Å². The number of aromatic nitrogens is 3. The number of ether oxygens (including phenoxy) is 2. The Kier molecular flexibility index (Phi) is 3.69. The van der Waals surface area contributed by atoms with E-state index in [1.165, 1.54) is 28.0 Å². The molecule has 0 amide bonds. The number of hydrogen-bond acceptors (Lipinski definition) is 6. The van der Waals surface area contributed by atoms with Gasteiger partial charge in [-0.05, 0) is 24.3 Å². The van der Waals surface area contributed by atoms with Gasteiger partial charge in [-0.25, -0.2) is 9.97 Å². The number of benzene rings is 1. The normalized spacial score (nSPS) is 13.2. The second-order valence-electron chi connectivity index (χ2n) is 5.97. The zero-order valence-electron chi connectivity index (χ0n) is 14.0. The molecule has 1 aliphatic rings. The molecule has 0 unspecified atom stereocenters. The van der Waals surface area contributed by atoms with Crippen LogP contribution in [0.5, 0.6) is 11.5 Å². The van der Waals surface area contributed by atoms with E-state index in [1.807, 2.05) is 0 Å². The first-order valence-electron chi connectivity index (χ1n) is 8.16. The molecule has 0 bridgehead atoms. The first-order valence-corrected chi connectivity index (χ1v) is 9.04. The summed E-state index contributed by atoms with van der Waals surface area (Å²) in [5, 5.41) is 5.11. The maximum atomic E-state index is 13.5. The number of hydrogen-bond donors (Lipinski definition) is 1. The molecular formula is C18H11F3N4O2S. The summed E-state index contributed by atoms with van der Waals surface area (Å²) in [6.07, 6.45) is -3.05. The molecule has 0 fully saturated rings. The van der Waals surface area contributed by atoms with Gasteiger partial charge in [-0.1, -0.05) is 6.07 Å². The summed E-state index contributed by atoms with van der Waals surface area (Å²) in [6, 6.07) is 10.1. The van der Waals surface area contributed by atoms with E-state index in [-0.39, 0.29) is 23.8 Å². The average molecular weight is 404 g/mol. The Labute approximate surface area is 160 Å². The molecule has 0 aliphatic carbocycles. The molecule has 4 aromatic rings. The Morgan fingerprint density at radius 2 is 1.93 bits per heavy atom. The molecule has 1 aliphatic heterocycles. The van der Waals surface area contributed by atoms with E-state index in [4.69, 9.17) is 9.47 Å². The van der Waals surface area contributed by atoms with Crippen LogP contribution in [0.15, 0.2) is 48.0 Å². The van der Waals surface area contributed by atoms with Gasteiger partial charge in [0.15, 0.2) is 22.3 Å². The van der Waals surface area contributed by atoms with Crippen molar-refractivity contribution in [2.75, 3.05) is 12.1 Å². The molecule has 6 nitrogen and oxygen atoms in total. The summed E-state index contributed by atoms with van der Waals surface area (Å²) in [5.41, 5.74) is 0.0541. The maximum Gasteiger partial charge on any atom is 0.435 e. The molecule has 10 heteroatoms. The first kappa shape index (κ1) is 16.9. The maximum absolute atomic E-state index is 13.5. The summed E-state index contributed by atoms with van der Waals surface area (Å²) in [4.78, 5) is 8.09. The largest absolute Gasteiger partial charge is 0.454 e. The number of fused-ring (bicyclic) bond motifs is 2. The third-order valence-electron chi connectivity index (χ3n) is 4.17. The highest BCUT2D eigenvalue weighted by Gasteiger charge is 2.39. The van der Waals surface area contributed by atoms with Gasteiger partial charge in [0, 0.05) is 23.3 Å². The van der Waals surface area contributed by atoms with Gasteiger partial charge in [0.25, 0.3) is 0 Å². The van der Waals surface area contributed by atoms with Crippen LogP contribution in [0.4, 0.5) is 24.0 Å². The molecule has 0 radical (unpaired) electrons. The molecular weight excluding hydrogens is 393 g/mol. The van der Waals surface area contributed by atoms with E-state index >= 15 is 0 Å². The standard InChI is InChI=1S/C18H11F3N4O2S/c19-18(20,21)16-15(25-6-2-1-3-14(25)24-16)11-8-28-17(23-11)22-10-4-5-12-13(7-10)27-9-26-12/h1-8H,9H2,(H,22,23). The molecule has 0 saturated heterocycles. The van der Waals surface area contributed by atoms with Crippen LogP contribution < -0.4 is 14.8 Å². The van der Waals surface area contributed by atoms with Gasteiger partial charge in [0.1, 0.15) is 17.0 Å². The lowest BCUT2D eigenvalue weighted by Gasteiger charge is -2.06. The highest BCUT2D eigenvalue weighted by Crippen LogP contribution is 2.39. The smallest absolute Gasteiger partial charge is 0.435 e. The molecule has 0 atom stereocenters. The Morgan fingerprint density at radius 1 is 1.07 bits per heavy atom. The van der Waals surface area contributed by atoms with Crippen molar-refractivity contribution in [2.45, 2.75) is 6.18 Å². The monoisotopic (exact) mass is 404 g/mol. The summed E-state index contributed by atoms with van der Waals surface area (Å²) in [5.74, 6) is 1.24. The number of thiazole rings is 1. The Morgan fingerprint density at radius 3 is 2.79 bits per heavy atom. The van der Waals surface area contributed by atoms with Crippen LogP contribution in [-0.2, 0) is 6.18 Å². The number of imidazole rings is 1. The van der Waals surface area contributed by atoms with E-state index in [0.717, 1.165) is 0 Å². The second kappa shape index (κ2) is 6.13. The quantitative estimate of drug-likeness (QED) is 0.524. The third-order valence-corrected chi connectivity index (χ3v) is 4.93. The Balaban J connectivity index is 1.53. The highest BCUT2D eigenvalue weighted by atomic mass is 32.1. The van der Waals surface area contributed by atoms with Gasteiger partial charge in [0.05, 0.1) is 0 Å². The summed E-state index contributed by atoms with van der Waals surface area (Å²) in [6.45, 7) is 0.161. The molecule has 28 heavy (non-hydrogen) atoms. The fraction of sp³-hybridized carbons (Fsp3) is 0.111. The van der Waals surface area contributed by atoms with Crippen LogP contribution in [0.2, 0.25) is 0 Å². The fourth-order valence-electron chi connectivity index (χ4n) is 2.98. The number of alkyl halides is 3. The summed E-state index contributed by atoms with van der Waals surface area (Å²) < 4.78 is 52.5. The van der Waals surface area contributed by atoms with Gasteiger partial charge >= 0.3 is 6.18 Å². The van der Waals surface area contributed by atoms with Crippen molar-refractivity contribution in [1.29, 1.82) is 0 Å². The van der Waals surface area contributed by atoms with Crippen LogP contribution in [0.25, 0.3) is 17.0 Å². The van der Waals surface area contributed by atoms with E-state index in [2.05, 4.69) is 15.3 Å². The molecule has 3 aromatic heterocycles. The average Bonchev–Trinajstić information content (AvgIpc) is 3.38. The number of nitrogens with one attached hydrogen (secondary N) is 1. The van der Waals surface area contributed by atoms with Crippen LogP contribution in [0.1, 0.15) is 5.69 Å². The van der Waals surface area contributed by atoms with Crippen LogP contribution in [-0.4, -0.2) is 21.2 Å². The van der Waals surface area contributed by atoms with Gasteiger partial charge in [-0.15, -0.1) is 11.3 Å². The minimum atomic E-state index is -4.59. The minimum absolute atomic E-state index is 0.0851. The number of halogens is 3. The first-order chi connectivity index (χ1) is 13.5. The molecule has 1 N–H and O–H groups in total. The van der Waals surface area contributed by atoms with E-state index in [0.29, 0.717) is 22.3 Å². The fourth-order valence-corrected chi connectivity index (χ4v) is 3.69. The van der Waals surface area contributed by atoms with Crippen molar-refractivity contribution >= 4 is 27.8 Å². The number of nitrogens with zero attached hydrogens (tertiary/aromatic N) is 3. The topological polar surface area (TPSA) is 60.7 Å². The molecule has 5 rings (SSSR count). The number of pyridine rings is 1. The van der Waals surface area contributed by atoms with Crippen molar-refractivity contribution in [3.05, 3.63) is 53.7 Å². The number of rotatable bonds is 3. The molecule has 4 heterocycles. The van der Waals surface area contributed by atoms with E-state index < -0.39 is 11.9 Å². The predicted octanol–water partition coefficient (Wildman–Crippen LogP) is 4.95. The molecule has 142 valence electrons. The van der Waals surface area contributed by atoms with Crippen LogP contribution in [0, 0.1) is 0 Å². The minimum Gasteiger partial charge on any atom is -0.454 e. The van der Waals surface area contributed by atoms with Gasteiger partial charge in [-0.3, -0.25) is 4.40 Å². The zero-order valence-corrected chi connectivity index (χ0v) is 14.8. The van der Waals surface area contributed by atoms with E-state index in [1.54, 1.807) is 35.7 Å². The van der Waals surface area contributed by atoms with Gasteiger partial charge in [0.2, 0.25) is 6.79 Å². The predicted molar refractivity (Wildman–Crippen MR) is 97.1 cm³/mol. The van der Waals surface area contributed by atoms with Gasteiger partial charge < -0.3 is 14.8 Å². The molecule has 0 spiro atoms. The third kappa shape index (κ3) is 2.82. The van der Waals surface area contributed by atoms with Crippen LogP contribution in [0.3, 0.4) is 0 Å². The Hall–Kier alpha value is -3.27. The van der Waals surface area contributed by atoms with Crippen molar-refractivity contribution in [1.82, 2.24) is 14.4 Å². The van der Waals surface area contributed by atoms with Gasteiger partial charge in [-0.2, -0.15) is 13.2 Å². The summed E-state index contributed by atoms with van der Waals surface area (Å²) in [7, 11) is 0. The Bertz CT molecular complexity index is 1190. The highest BCUT2D eigenvalue weighted by molar-refractivity contribution is 7.14. The van der Waals surface area contributed by atoms with Crippen LogP contribution >= 0.6 is 11.3 Å². The second-order valence-corrected chi connectivity index (χ2v) is 6.82. The SMILES string of the molecule is FC(F)(F)c1nc2ccccn2c1-c1csc(Nc2ccc3c(c2)OCO3)n1. The zero-order chi connectivity index (χ0) is 19.3. The summed E-state index contributed by atoms with van der Waals surface area (Å²) >= 11 is 1.20. The van der Waals surface area contributed by atoms with E-state index in [9.17, 15) is 13.2 Å². The van der Waals surface area contributed by atoms with Crippen molar-refractivity contribution in [3.8, 4) is 22.9 Å². The lowest BCUT2D eigenvalue weighted by atomic mass is 10.2. The number of anilines is 2.